The van der Waals surface area contributed by atoms with E-state index in [0.717, 1.165) is 34.2 Å². The molecule has 1 aromatic heterocycles. The van der Waals surface area contributed by atoms with E-state index in [9.17, 15) is 4.79 Å². The number of amides is 1. The topological polar surface area (TPSA) is 64.4 Å². The van der Waals surface area contributed by atoms with Gasteiger partial charge in [-0.2, -0.15) is 0 Å². The van der Waals surface area contributed by atoms with Gasteiger partial charge in [0, 0.05) is 23.1 Å². The minimum absolute atomic E-state index is 0.0523. The number of hydrogen-bond donors (Lipinski definition) is 1. The highest BCUT2D eigenvalue weighted by atomic mass is 79.9. The van der Waals surface area contributed by atoms with Gasteiger partial charge in [0.15, 0.2) is 5.82 Å². The molecule has 0 atom stereocenters. The second-order valence-corrected chi connectivity index (χ2v) is 7.78. The molecule has 1 aromatic carbocycles. The molecular weight excluding hydrogens is 384 g/mol. The third-order valence-electron chi connectivity index (χ3n) is 4.85. The Hall–Kier alpha value is -1.66. The van der Waals surface area contributed by atoms with Crippen LogP contribution < -0.4 is 5.32 Å². The largest absolute Gasteiger partial charge is 0.380 e. The van der Waals surface area contributed by atoms with E-state index in [1.165, 1.54) is 12.8 Å². The molecule has 1 aliphatic rings. The molecule has 134 valence electrons. The first-order valence-corrected chi connectivity index (χ1v) is 9.33. The molecule has 6 heteroatoms. The Morgan fingerprint density at radius 2 is 2.12 bits per heavy atom. The summed E-state index contributed by atoms with van der Waals surface area (Å²) in [4.78, 5) is 12.3. The van der Waals surface area contributed by atoms with Crippen molar-refractivity contribution in [3.63, 3.8) is 0 Å². The van der Waals surface area contributed by atoms with Gasteiger partial charge in [0.1, 0.15) is 5.76 Å². The van der Waals surface area contributed by atoms with Crippen molar-refractivity contribution >= 4 is 27.7 Å². The molecule has 1 aliphatic carbocycles. The van der Waals surface area contributed by atoms with Crippen LogP contribution in [0.25, 0.3) is 0 Å². The van der Waals surface area contributed by atoms with Crippen LogP contribution in [0, 0.1) is 0 Å². The van der Waals surface area contributed by atoms with Crippen molar-refractivity contribution in [2.75, 3.05) is 12.4 Å². The van der Waals surface area contributed by atoms with Gasteiger partial charge in [0.05, 0.1) is 13.0 Å². The van der Waals surface area contributed by atoms with Gasteiger partial charge in [-0.1, -0.05) is 53.0 Å². The zero-order valence-electron chi connectivity index (χ0n) is 14.6. The first-order chi connectivity index (χ1) is 12.0. The monoisotopic (exact) mass is 406 g/mol. The molecule has 2 aromatic rings. The lowest BCUT2D eigenvalue weighted by molar-refractivity contribution is -0.115. The van der Waals surface area contributed by atoms with E-state index in [4.69, 9.17) is 9.26 Å². The van der Waals surface area contributed by atoms with Gasteiger partial charge in [-0.05, 0) is 30.0 Å². The van der Waals surface area contributed by atoms with Crippen LogP contribution in [-0.2, 0) is 28.0 Å². The van der Waals surface area contributed by atoms with Crippen molar-refractivity contribution in [2.45, 2.75) is 51.0 Å². The zero-order valence-corrected chi connectivity index (χ0v) is 16.2. The van der Waals surface area contributed by atoms with Crippen LogP contribution in [0.3, 0.4) is 0 Å². The average Bonchev–Trinajstić information content (AvgIpc) is 3.21. The van der Waals surface area contributed by atoms with Gasteiger partial charge in [-0.25, -0.2) is 0 Å². The molecule has 0 spiro atoms. The normalized spacial score (nSPS) is 16.1. The Morgan fingerprint density at radius 3 is 2.84 bits per heavy atom. The summed E-state index contributed by atoms with van der Waals surface area (Å²) in [6.45, 7) is 2.70. The smallest absolute Gasteiger partial charge is 0.230 e. The molecule has 1 amide bonds. The molecule has 0 aliphatic heterocycles. The van der Waals surface area contributed by atoms with Crippen molar-refractivity contribution in [3.8, 4) is 0 Å². The lowest BCUT2D eigenvalue weighted by Crippen LogP contribution is -2.16. The number of aromatic nitrogens is 1. The molecule has 3 rings (SSSR count). The Labute approximate surface area is 156 Å². The Bertz CT molecular complexity index is 751. The van der Waals surface area contributed by atoms with Crippen molar-refractivity contribution in [1.29, 1.82) is 0 Å². The van der Waals surface area contributed by atoms with Crippen LogP contribution in [0.4, 0.5) is 5.82 Å². The summed E-state index contributed by atoms with van der Waals surface area (Å²) in [5.74, 6) is 1.25. The van der Waals surface area contributed by atoms with Gasteiger partial charge in [0.25, 0.3) is 0 Å². The average molecular weight is 407 g/mol. The molecule has 5 nitrogen and oxygen atoms in total. The highest BCUT2D eigenvalue weighted by molar-refractivity contribution is 9.10. The minimum atomic E-state index is -0.109. The molecule has 1 fully saturated rings. The number of methoxy groups -OCH3 is 1. The van der Waals surface area contributed by atoms with E-state index >= 15 is 0 Å². The maximum Gasteiger partial charge on any atom is 0.230 e. The summed E-state index contributed by atoms with van der Waals surface area (Å²) in [6, 6.07) is 7.70. The molecular formula is C19H23BrN2O3. The zero-order chi connectivity index (χ0) is 17.9. The molecule has 1 heterocycles. The van der Waals surface area contributed by atoms with Crippen LogP contribution in [0.1, 0.15) is 49.5 Å². The fourth-order valence-corrected chi connectivity index (χ4v) is 3.76. The number of halogens is 1. The van der Waals surface area contributed by atoms with Crippen LogP contribution in [0.5, 0.6) is 0 Å². The number of hydrogen-bond acceptors (Lipinski definition) is 4. The van der Waals surface area contributed by atoms with Gasteiger partial charge in [0.2, 0.25) is 5.91 Å². The molecule has 0 unspecified atom stereocenters. The summed E-state index contributed by atoms with van der Waals surface area (Å²) in [5.41, 5.74) is 2.00. The maximum atomic E-state index is 12.3. The summed E-state index contributed by atoms with van der Waals surface area (Å²) >= 11 is 3.49. The minimum Gasteiger partial charge on any atom is -0.380 e. The van der Waals surface area contributed by atoms with Crippen LogP contribution in [0.15, 0.2) is 33.3 Å². The Morgan fingerprint density at radius 1 is 1.36 bits per heavy atom. The van der Waals surface area contributed by atoms with Gasteiger partial charge < -0.3 is 14.6 Å². The van der Waals surface area contributed by atoms with Crippen molar-refractivity contribution in [3.05, 3.63) is 45.6 Å². The Balaban J connectivity index is 1.63. The molecule has 25 heavy (non-hydrogen) atoms. The van der Waals surface area contributed by atoms with Gasteiger partial charge >= 0.3 is 0 Å². The molecule has 0 saturated heterocycles. The molecule has 0 bridgehead atoms. The van der Waals surface area contributed by atoms with Gasteiger partial charge in [-0.3, -0.25) is 4.79 Å². The van der Waals surface area contributed by atoms with Crippen LogP contribution >= 0.6 is 15.9 Å². The second-order valence-electron chi connectivity index (χ2n) is 6.93. The molecule has 0 radical (unpaired) electrons. The lowest BCUT2D eigenvalue weighted by Gasteiger charge is -2.18. The van der Waals surface area contributed by atoms with Gasteiger partial charge in [-0.15, -0.1) is 0 Å². The summed E-state index contributed by atoms with van der Waals surface area (Å²) in [7, 11) is 1.65. The number of carbonyl (C=O) groups excluding carboxylic acids is 1. The number of nitrogens with one attached hydrogen (secondary N) is 1. The summed E-state index contributed by atoms with van der Waals surface area (Å²) in [6.07, 6.45) is 4.93. The SMILES string of the molecule is COCc1cc(CC(=O)Nc2cc(C3(C)CCCC3)on2)ccc1Br. The number of carbonyl (C=O) groups is 1. The van der Waals surface area contributed by atoms with E-state index in [0.29, 0.717) is 12.4 Å². The third kappa shape index (κ3) is 4.30. The Kier molecular flexibility index (Phi) is 5.59. The molecule has 1 saturated carbocycles. The summed E-state index contributed by atoms with van der Waals surface area (Å²) < 4.78 is 11.6. The number of ether oxygens (including phenoxy) is 1. The standard InChI is InChI=1S/C19H23BrN2O3/c1-19(7-3-4-8-19)16-11-17(22-25-16)21-18(23)10-13-5-6-15(20)14(9-13)12-24-2/h5-6,9,11H,3-4,7-8,10,12H2,1-2H3,(H,21,22,23). The highest BCUT2D eigenvalue weighted by Crippen LogP contribution is 2.41. The number of benzene rings is 1. The number of rotatable bonds is 6. The second kappa shape index (κ2) is 7.70. The number of anilines is 1. The van der Waals surface area contributed by atoms with E-state index in [1.807, 2.05) is 24.3 Å². The van der Waals surface area contributed by atoms with E-state index in [2.05, 4.69) is 33.3 Å². The van der Waals surface area contributed by atoms with Crippen molar-refractivity contribution < 1.29 is 14.1 Å². The molecule has 1 N–H and O–H groups in total. The predicted octanol–water partition coefficient (Wildman–Crippen LogP) is 4.60. The van der Waals surface area contributed by atoms with Crippen LogP contribution in [0.2, 0.25) is 0 Å². The van der Waals surface area contributed by atoms with Crippen molar-refractivity contribution in [2.24, 2.45) is 0 Å². The fourth-order valence-electron chi connectivity index (χ4n) is 3.40. The highest BCUT2D eigenvalue weighted by Gasteiger charge is 2.34. The maximum absolute atomic E-state index is 12.3. The lowest BCUT2D eigenvalue weighted by atomic mass is 9.86. The van der Waals surface area contributed by atoms with E-state index in [1.54, 1.807) is 7.11 Å². The summed E-state index contributed by atoms with van der Waals surface area (Å²) in [5, 5.41) is 6.85. The number of nitrogens with zero attached hydrogens (tertiary/aromatic N) is 1. The first kappa shape index (κ1) is 18.1. The van der Waals surface area contributed by atoms with Crippen LogP contribution in [-0.4, -0.2) is 18.2 Å². The van der Waals surface area contributed by atoms with E-state index < -0.39 is 0 Å². The van der Waals surface area contributed by atoms with Crippen molar-refractivity contribution in [1.82, 2.24) is 5.16 Å². The fraction of sp³-hybridized carbons (Fsp3) is 0.474. The predicted molar refractivity (Wildman–Crippen MR) is 99.5 cm³/mol. The third-order valence-corrected chi connectivity index (χ3v) is 5.63. The quantitative estimate of drug-likeness (QED) is 0.761. The first-order valence-electron chi connectivity index (χ1n) is 8.53. The van der Waals surface area contributed by atoms with E-state index in [-0.39, 0.29) is 17.7 Å².